The van der Waals surface area contributed by atoms with Crippen LogP contribution in [0.2, 0.25) is 0 Å². The van der Waals surface area contributed by atoms with E-state index in [1.54, 1.807) is 12.4 Å². The summed E-state index contributed by atoms with van der Waals surface area (Å²) < 4.78 is 13.0. The summed E-state index contributed by atoms with van der Waals surface area (Å²) in [6, 6.07) is 49.5. The van der Waals surface area contributed by atoms with Gasteiger partial charge < -0.3 is 4.57 Å². The smallest absolute Gasteiger partial charge is 0.109 e. The third-order valence-corrected chi connectivity index (χ3v) is 10.7. The second-order valence-corrected chi connectivity index (χ2v) is 15.8. The molecule has 8 aromatic rings. The minimum Gasteiger partial charge on any atom is -0.319 e. The van der Waals surface area contributed by atoms with Crippen molar-refractivity contribution in [3.63, 3.8) is 0 Å². The number of pyridine rings is 2. The fourth-order valence-electron chi connectivity index (χ4n) is 6.73. The summed E-state index contributed by atoms with van der Waals surface area (Å²) in [5.74, 6) is 0. The highest BCUT2D eigenvalue weighted by Gasteiger charge is 2.19. The van der Waals surface area contributed by atoms with E-state index in [2.05, 4.69) is 125 Å². The van der Waals surface area contributed by atoms with Crippen LogP contribution in [0.25, 0.3) is 77.2 Å². The molecule has 0 saturated heterocycles. The van der Waals surface area contributed by atoms with Crippen molar-refractivity contribution in [1.29, 1.82) is 0 Å². The van der Waals surface area contributed by atoms with Crippen LogP contribution in [0.4, 0.5) is 0 Å². The van der Waals surface area contributed by atoms with E-state index < -0.39 is 7.14 Å². The maximum Gasteiger partial charge on any atom is 0.109 e. The predicted molar refractivity (Wildman–Crippen MR) is 203 cm³/mol. The van der Waals surface area contributed by atoms with Gasteiger partial charge in [-0.1, -0.05) is 115 Å². The summed E-state index contributed by atoms with van der Waals surface area (Å²) in [5, 5.41) is 5.65. The number of benzene rings is 6. The van der Waals surface area contributed by atoms with Gasteiger partial charge in [0.15, 0.2) is 0 Å². The number of nitrogens with zero attached hydrogens (tertiary/aromatic N) is 2. The van der Waals surface area contributed by atoms with Gasteiger partial charge in [-0.25, -0.2) is 0 Å². The van der Waals surface area contributed by atoms with E-state index in [9.17, 15) is 4.57 Å². The van der Waals surface area contributed by atoms with Crippen LogP contribution >= 0.6 is 7.14 Å². The van der Waals surface area contributed by atoms with Crippen molar-refractivity contribution in [1.82, 2.24) is 9.97 Å². The Morgan fingerprint density at radius 3 is 1.38 bits per heavy atom. The highest BCUT2D eigenvalue weighted by atomic mass is 31.2. The van der Waals surface area contributed by atoms with Gasteiger partial charge in [0.1, 0.15) is 7.14 Å². The molecule has 0 saturated carbocycles. The molecule has 0 aliphatic heterocycles. The highest BCUT2D eigenvalue weighted by molar-refractivity contribution is 7.70. The van der Waals surface area contributed by atoms with E-state index in [0.717, 1.165) is 49.8 Å². The molecular formula is C44H33N2OP. The molecule has 0 aliphatic rings. The average Bonchev–Trinajstić information content (AvgIpc) is 3.14. The molecule has 3 nitrogen and oxygen atoms in total. The normalized spacial score (nSPS) is 11.6. The Hall–Kier alpha value is -5.63. The first-order chi connectivity index (χ1) is 23.4. The molecule has 0 amide bonds. The largest absolute Gasteiger partial charge is 0.319 e. The lowest BCUT2D eigenvalue weighted by molar-refractivity contribution is 0.588. The SMILES string of the molecule is CP(C)(=O)c1cccc(-c2ccc3c(-c4ccc(-c5cccnc5)cc4)c4ccccc4c(-c4ccc(-c5cccnc5)cc4)c3c2)c1. The zero-order chi connectivity index (χ0) is 32.7. The first-order valence-corrected chi connectivity index (χ1v) is 18.7. The Morgan fingerprint density at radius 1 is 0.396 bits per heavy atom. The predicted octanol–water partition coefficient (Wildman–Crippen LogP) is 11.4. The average molecular weight is 637 g/mol. The van der Waals surface area contributed by atoms with Gasteiger partial charge in [0, 0.05) is 30.1 Å². The van der Waals surface area contributed by atoms with E-state index in [1.807, 2.05) is 50.0 Å². The van der Waals surface area contributed by atoms with Crippen LogP contribution in [0.3, 0.4) is 0 Å². The second kappa shape index (κ2) is 12.2. The molecule has 48 heavy (non-hydrogen) atoms. The molecule has 0 atom stereocenters. The molecule has 8 rings (SSSR count). The summed E-state index contributed by atoms with van der Waals surface area (Å²) in [5.41, 5.74) is 11.3. The van der Waals surface area contributed by atoms with E-state index in [0.29, 0.717) is 0 Å². The van der Waals surface area contributed by atoms with Crippen LogP contribution in [0.1, 0.15) is 0 Å². The summed E-state index contributed by atoms with van der Waals surface area (Å²) >= 11 is 0. The lowest BCUT2D eigenvalue weighted by Crippen LogP contribution is -2.02. The summed E-state index contributed by atoms with van der Waals surface area (Å²) in [4.78, 5) is 8.64. The topological polar surface area (TPSA) is 42.9 Å². The molecule has 2 aromatic heterocycles. The quantitative estimate of drug-likeness (QED) is 0.135. The van der Waals surface area contributed by atoms with Gasteiger partial charge in [0.25, 0.3) is 0 Å². The van der Waals surface area contributed by atoms with E-state index >= 15 is 0 Å². The molecule has 0 radical (unpaired) electrons. The summed E-state index contributed by atoms with van der Waals surface area (Å²) in [6.07, 6.45) is 7.41. The molecule has 0 unspecified atom stereocenters. The van der Waals surface area contributed by atoms with Crippen LogP contribution < -0.4 is 5.30 Å². The van der Waals surface area contributed by atoms with Gasteiger partial charge in [0.2, 0.25) is 0 Å². The molecule has 0 spiro atoms. The van der Waals surface area contributed by atoms with Crippen molar-refractivity contribution in [3.05, 3.63) is 164 Å². The number of aromatic nitrogens is 2. The standard InChI is InChI=1S/C44H33N2OP/c1-48(2,47)38-11-5-8-34(26-38)35-22-23-41-42(27-35)44(33-20-16-31(17-21-33)37-10-7-25-46-29-37)40-13-4-3-12-39(40)43(41)32-18-14-30(15-19-32)36-9-6-24-45-28-36/h3-29H,1-2H3. The van der Waals surface area contributed by atoms with Crippen molar-refractivity contribution < 1.29 is 4.57 Å². The van der Waals surface area contributed by atoms with Crippen LogP contribution in [0.5, 0.6) is 0 Å². The lowest BCUT2D eigenvalue weighted by atomic mass is 9.84. The number of rotatable bonds is 6. The Labute approximate surface area is 281 Å². The Morgan fingerprint density at radius 2 is 0.854 bits per heavy atom. The number of fused-ring (bicyclic) bond motifs is 2. The summed E-state index contributed by atoms with van der Waals surface area (Å²) in [6.45, 7) is 3.66. The molecule has 0 bridgehead atoms. The Kier molecular flexibility index (Phi) is 7.56. The fraction of sp³-hybridized carbons (Fsp3) is 0.0455. The number of hydrogen-bond donors (Lipinski definition) is 0. The second-order valence-electron chi connectivity index (χ2n) is 12.6. The fourth-order valence-corrected chi connectivity index (χ4v) is 7.62. The molecule has 0 fully saturated rings. The Balaban J connectivity index is 1.38. The van der Waals surface area contributed by atoms with Crippen molar-refractivity contribution in [2.24, 2.45) is 0 Å². The lowest BCUT2D eigenvalue weighted by Gasteiger charge is -2.19. The van der Waals surface area contributed by atoms with Gasteiger partial charge >= 0.3 is 0 Å². The molecule has 0 aliphatic carbocycles. The van der Waals surface area contributed by atoms with Gasteiger partial charge in [-0.3, -0.25) is 9.97 Å². The van der Waals surface area contributed by atoms with E-state index in [-0.39, 0.29) is 0 Å². The van der Waals surface area contributed by atoms with Crippen LogP contribution in [-0.4, -0.2) is 23.3 Å². The zero-order valence-electron chi connectivity index (χ0n) is 26.8. The van der Waals surface area contributed by atoms with E-state index in [4.69, 9.17) is 0 Å². The van der Waals surface area contributed by atoms with Crippen LogP contribution in [-0.2, 0) is 4.57 Å². The van der Waals surface area contributed by atoms with Gasteiger partial charge in [-0.2, -0.15) is 0 Å². The summed E-state index contributed by atoms with van der Waals surface area (Å²) in [7, 11) is -2.42. The Bertz CT molecular complexity index is 2470. The minimum atomic E-state index is -2.42. The monoisotopic (exact) mass is 636 g/mol. The molecule has 4 heteroatoms. The van der Waals surface area contributed by atoms with E-state index in [1.165, 1.54) is 32.7 Å². The molecule has 230 valence electrons. The van der Waals surface area contributed by atoms with Crippen LogP contribution in [0.15, 0.2) is 164 Å². The molecule has 6 aromatic carbocycles. The van der Waals surface area contributed by atoms with Crippen molar-refractivity contribution >= 4 is 34.0 Å². The first-order valence-electron chi connectivity index (χ1n) is 16.1. The molecular weight excluding hydrogens is 603 g/mol. The molecule has 0 N–H and O–H groups in total. The van der Waals surface area contributed by atoms with Crippen molar-refractivity contribution in [2.45, 2.75) is 0 Å². The van der Waals surface area contributed by atoms with Crippen LogP contribution in [0, 0.1) is 0 Å². The number of hydrogen-bond acceptors (Lipinski definition) is 3. The minimum absolute atomic E-state index is 0.888. The maximum atomic E-state index is 13.0. The highest BCUT2D eigenvalue weighted by Crippen LogP contribution is 2.45. The van der Waals surface area contributed by atoms with Gasteiger partial charge in [-0.05, 0) is 115 Å². The van der Waals surface area contributed by atoms with Gasteiger partial charge in [0.05, 0.1) is 0 Å². The third kappa shape index (κ3) is 5.53. The zero-order valence-corrected chi connectivity index (χ0v) is 27.7. The van der Waals surface area contributed by atoms with Crippen molar-refractivity contribution in [2.75, 3.05) is 13.3 Å². The first kappa shape index (κ1) is 29.8. The molecule has 2 heterocycles. The third-order valence-electron chi connectivity index (χ3n) is 9.16. The maximum absolute atomic E-state index is 13.0. The van der Waals surface area contributed by atoms with Crippen molar-refractivity contribution in [3.8, 4) is 55.6 Å². The van der Waals surface area contributed by atoms with Gasteiger partial charge in [-0.15, -0.1) is 0 Å².